The second-order valence-electron chi connectivity index (χ2n) is 8.38. The van der Waals surface area contributed by atoms with Gasteiger partial charge in [0.25, 0.3) is 21.5 Å². The van der Waals surface area contributed by atoms with Gasteiger partial charge in [0, 0.05) is 17.5 Å². The van der Waals surface area contributed by atoms with Gasteiger partial charge in [0.05, 0.1) is 27.0 Å². The number of fused-ring (bicyclic) bond motifs is 2. The number of halogens is 2. The lowest BCUT2D eigenvalue weighted by Gasteiger charge is -2.12. The quantitative estimate of drug-likeness (QED) is 0.362. The van der Waals surface area contributed by atoms with E-state index in [4.69, 9.17) is 11.6 Å². The van der Waals surface area contributed by atoms with Crippen LogP contribution < -0.4 is 16.0 Å². The molecule has 2 aromatic heterocycles. The summed E-state index contributed by atoms with van der Waals surface area (Å²) in [4.78, 5) is 42.4. The molecule has 9 nitrogen and oxygen atoms in total. The van der Waals surface area contributed by atoms with Gasteiger partial charge >= 0.3 is 5.69 Å². The van der Waals surface area contributed by atoms with Crippen LogP contribution in [0.4, 0.5) is 4.39 Å². The minimum absolute atomic E-state index is 0.0894. The first kappa shape index (κ1) is 24.5. The highest BCUT2D eigenvalue weighted by Gasteiger charge is 2.29. The highest BCUT2D eigenvalue weighted by Crippen LogP contribution is 2.30. The lowest BCUT2D eigenvalue weighted by molar-refractivity contribution is 0.0974. The number of para-hydroxylation sites is 1. The fourth-order valence-electron chi connectivity index (χ4n) is 4.39. The molecule has 5 aromatic rings. The Morgan fingerprint density at radius 3 is 2.49 bits per heavy atom. The first-order valence-corrected chi connectivity index (χ1v) is 12.7. The number of aromatic nitrogens is 3. The Morgan fingerprint density at radius 2 is 1.76 bits per heavy atom. The number of aryl methyl sites for hydroxylation is 2. The number of hydrogen-bond acceptors (Lipinski definition) is 5. The molecule has 0 aliphatic rings. The number of amides is 1. The molecule has 2 heterocycles. The van der Waals surface area contributed by atoms with Crippen molar-refractivity contribution in [3.63, 3.8) is 0 Å². The molecule has 0 aliphatic carbocycles. The first-order chi connectivity index (χ1) is 17.5. The van der Waals surface area contributed by atoms with Crippen molar-refractivity contribution in [1.29, 1.82) is 0 Å². The summed E-state index contributed by atoms with van der Waals surface area (Å²) in [7, 11) is -2.96. The molecule has 37 heavy (non-hydrogen) atoms. The average molecular weight is 541 g/mol. The van der Waals surface area contributed by atoms with Crippen molar-refractivity contribution in [2.24, 2.45) is 7.05 Å². The lowest BCUT2D eigenvalue weighted by atomic mass is 10.2. The monoisotopic (exact) mass is 540 g/mol. The van der Waals surface area contributed by atoms with E-state index in [0.29, 0.717) is 11.0 Å². The summed E-state index contributed by atoms with van der Waals surface area (Å²) in [6, 6.07) is 14.0. The van der Waals surface area contributed by atoms with Crippen LogP contribution in [0.2, 0.25) is 5.02 Å². The van der Waals surface area contributed by atoms with Crippen LogP contribution in [-0.2, 0) is 17.1 Å². The number of benzene rings is 3. The second-order valence-corrected chi connectivity index (χ2v) is 10.5. The van der Waals surface area contributed by atoms with Gasteiger partial charge in [-0.2, -0.15) is 0 Å². The number of H-pyrrole nitrogens is 1. The molecule has 0 aliphatic heterocycles. The van der Waals surface area contributed by atoms with E-state index in [9.17, 15) is 27.2 Å². The Labute approximate surface area is 213 Å². The van der Waals surface area contributed by atoms with E-state index in [1.807, 2.05) is 4.72 Å². The topological polar surface area (TPSA) is 123 Å². The zero-order chi connectivity index (χ0) is 26.6. The number of nitrogens with zero attached hydrogens (tertiary/aromatic N) is 2. The van der Waals surface area contributed by atoms with Crippen molar-refractivity contribution in [2.75, 3.05) is 0 Å². The van der Waals surface area contributed by atoms with Crippen LogP contribution in [-0.4, -0.2) is 28.4 Å². The highest BCUT2D eigenvalue weighted by molar-refractivity contribution is 7.90. The van der Waals surface area contributed by atoms with E-state index in [1.54, 1.807) is 30.3 Å². The predicted octanol–water partition coefficient (Wildman–Crippen LogP) is 3.39. The molecule has 0 bridgehead atoms. The van der Waals surface area contributed by atoms with Gasteiger partial charge in [-0.3, -0.25) is 9.59 Å². The molecule has 0 fully saturated rings. The number of rotatable bonds is 4. The van der Waals surface area contributed by atoms with E-state index in [1.165, 1.54) is 30.7 Å². The van der Waals surface area contributed by atoms with Crippen LogP contribution in [0.3, 0.4) is 0 Å². The van der Waals surface area contributed by atoms with Gasteiger partial charge in [0.1, 0.15) is 11.5 Å². The summed E-state index contributed by atoms with van der Waals surface area (Å²) in [6.45, 7) is 1.39. The molecule has 188 valence electrons. The fourth-order valence-corrected chi connectivity index (χ4v) is 5.74. The summed E-state index contributed by atoms with van der Waals surface area (Å²) in [6.07, 6.45) is 0. The SMILES string of the molecule is Cc1cc(F)ccc1S(=O)(=O)NC(=O)c1c(-n2c(=O)[nH]c3ccccc3c2=O)c2cc(Cl)ccc2n1C. The summed E-state index contributed by atoms with van der Waals surface area (Å²) in [5.74, 6) is -1.74. The van der Waals surface area contributed by atoms with Crippen molar-refractivity contribution in [3.8, 4) is 5.69 Å². The van der Waals surface area contributed by atoms with Crippen LogP contribution in [0.1, 0.15) is 16.1 Å². The standard InChI is InChI=1S/C25H18ClFN4O5S/c1-13-11-15(27)8-10-20(13)37(35,36)29-23(32)22-21(17-12-14(26)7-9-19(17)30(22)2)31-24(33)16-5-3-4-6-18(16)28-25(31)34/h3-12H,1-2H3,(H,28,34)(H,29,32). The van der Waals surface area contributed by atoms with Gasteiger partial charge in [-0.05, 0) is 61.0 Å². The van der Waals surface area contributed by atoms with Gasteiger partial charge in [0.2, 0.25) is 0 Å². The maximum absolute atomic E-state index is 13.5. The molecule has 2 N–H and O–H groups in total. The van der Waals surface area contributed by atoms with Crippen molar-refractivity contribution >= 4 is 49.3 Å². The Balaban J connectivity index is 1.78. The Bertz CT molecular complexity index is 1990. The molecule has 5 rings (SSSR count). The Hall–Kier alpha value is -4.22. The third-order valence-corrected chi connectivity index (χ3v) is 7.76. The van der Waals surface area contributed by atoms with Gasteiger partial charge in [-0.1, -0.05) is 23.7 Å². The van der Waals surface area contributed by atoms with Crippen molar-refractivity contribution < 1.29 is 17.6 Å². The zero-order valence-electron chi connectivity index (χ0n) is 19.4. The number of aromatic amines is 1. The molecule has 3 aromatic carbocycles. The molecule has 0 saturated carbocycles. The maximum Gasteiger partial charge on any atom is 0.333 e. The Morgan fingerprint density at radius 1 is 1.03 bits per heavy atom. The Kier molecular flexibility index (Phi) is 5.76. The van der Waals surface area contributed by atoms with Crippen LogP contribution in [0.15, 0.2) is 75.1 Å². The molecule has 1 amide bonds. The smallest absolute Gasteiger partial charge is 0.333 e. The van der Waals surface area contributed by atoms with E-state index < -0.39 is 33.0 Å². The third kappa shape index (κ3) is 4.02. The average Bonchev–Trinajstić information content (AvgIpc) is 3.10. The van der Waals surface area contributed by atoms with Gasteiger partial charge in [-0.15, -0.1) is 0 Å². The summed E-state index contributed by atoms with van der Waals surface area (Å²) in [5.41, 5.74) is -1.15. The van der Waals surface area contributed by atoms with E-state index >= 15 is 0 Å². The summed E-state index contributed by atoms with van der Waals surface area (Å²) >= 11 is 6.20. The minimum Gasteiger partial charge on any atom is -0.338 e. The van der Waals surface area contributed by atoms with Gasteiger partial charge < -0.3 is 9.55 Å². The number of carbonyl (C=O) groups excluding carboxylic acids is 1. The van der Waals surface area contributed by atoms with Crippen LogP contribution >= 0.6 is 11.6 Å². The van der Waals surface area contributed by atoms with Gasteiger partial charge in [-0.25, -0.2) is 26.9 Å². The minimum atomic E-state index is -4.45. The van der Waals surface area contributed by atoms with Crippen LogP contribution in [0, 0.1) is 12.7 Å². The predicted molar refractivity (Wildman–Crippen MR) is 137 cm³/mol. The molecule has 0 spiro atoms. The van der Waals surface area contributed by atoms with E-state index in [2.05, 4.69) is 4.98 Å². The van der Waals surface area contributed by atoms with Crippen LogP contribution in [0.5, 0.6) is 0 Å². The molecule has 12 heteroatoms. The van der Waals surface area contributed by atoms with Crippen molar-refractivity contribution in [1.82, 2.24) is 18.8 Å². The lowest BCUT2D eigenvalue weighted by Crippen LogP contribution is -2.37. The summed E-state index contributed by atoms with van der Waals surface area (Å²) in [5, 5.41) is 0.728. The summed E-state index contributed by atoms with van der Waals surface area (Å²) < 4.78 is 43.8. The zero-order valence-corrected chi connectivity index (χ0v) is 20.9. The number of nitrogens with one attached hydrogen (secondary N) is 2. The van der Waals surface area contributed by atoms with Crippen LogP contribution in [0.25, 0.3) is 27.5 Å². The normalized spacial score (nSPS) is 11.8. The molecular weight excluding hydrogens is 523 g/mol. The second kappa shape index (κ2) is 8.71. The van der Waals surface area contributed by atoms with Gasteiger partial charge in [0.15, 0.2) is 0 Å². The fraction of sp³-hybridized carbons (Fsp3) is 0.0800. The van der Waals surface area contributed by atoms with Crippen molar-refractivity contribution in [2.45, 2.75) is 11.8 Å². The molecular formula is C25H18ClFN4O5S. The molecule has 0 atom stereocenters. The largest absolute Gasteiger partial charge is 0.338 e. The molecule has 0 radical (unpaired) electrons. The maximum atomic E-state index is 13.5. The molecule has 0 saturated heterocycles. The van der Waals surface area contributed by atoms with Crippen molar-refractivity contribution in [3.05, 3.63) is 104 Å². The first-order valence-electron chi connectivity index (χ1n) is 10.9. The van der Waals surface area contributed by atoms with E-state index in [-0.39, 0.29) is 37.6 Å². The third-order valence-electron chi connectivity index (χ3n) is 6.03. The number of carbonyl (C=O) groups is 1. The highest BCUT2D eigenvalue weighted by atomic mass is 35.5. The number of sulfonamides is 1. The van der Waals surface area contributed by atoms with E-state index in [0.717, 1.165) is 22.8 Å². The number of hydrogen-bond donors (Lipinski definition) is 2. The molecule has 0 unspecified atom stereocenters.